The fourth-order valence-corrected chi connectivity index (χ4v) is 1.78. The number of carboxylic acids is 1. The number of hydrogen-bond donors (Lipinski definition) is 2. The minimum Gasteiger partial charge on any atom is -0.493 e. The number of aliphatic carboxylic acids is 1. The summed E-state index contributed by atoms with van der Waals surface area (Å²) < 4.78 is 10.9. The molecular formula is C10H12BrNO4. The Bertz CT molecular complexity index is 408. The number of benzene rings is 1. The molecule has 0 unspecified atom stereocenters. The molecule has 0 fully saturated rings. The molecule has 1 atom stereocenters. The summed E-state index contributed by atoms with van der Waals surface area (Å²) in [7, 11) is 2.91. The number of methoxy groups -OCH3 is 2. The first-order valence-electron chi connectivity index (χ1n) is 4.41. The second-order valence-electron chi connectivity index (χ2n) is 3.05. The van der Waals surface area contributed by atoms with Crippen LogP contribution < -0.4 is 15.2 Å². The minimum absolute atomic E-state index is 0.334. The maximum absolute atomic E-state index is 10.8. The van der Waals surface area contributed by atoms with Crippen LogP contribution in [0.3, 0.4) is 0 Å². The van der Waals surface area contributed by atoms with Crippen molar-refractivity contribution in [2.24, 2.45) is 5.73 Å². The number of carbonyl (C=O) groups is 1. The molecule has 0 amide bonds. The van der Waals surface area contributed by atoms with Crippen LogP contribution in [0, 0.1) is 0 Å². The monoisotopic (exact) mass is 289 g/mol. The van der Waals surface area contributed by atoms with E-state index in [1.165, 1.54) is 14.2 Å². The average molecular weight is 290 g/mol. The van der Waals surface area contributed by atoms with Gasteiger partial charge in [-0.1, -0.05) is 15.9 Å². The van der Waals surface area contributed by atoms with E-state index >= 15 is 0 Å². The van der Waals surface area contributed by atoms with Crippen molar-refractivity contribution in [2.45, 2.75) is 6.04 Å². The predicted molar refractivity (Wildman–Crippen MR) is 61.8 cm³/mol. The number of hydrogen-bond acceptors (Lipinski definition) is 4. The van der Waals surface area contributed by atoms with Gasteiger partial charge in [-0.25, -0.2) is 0 Å². The molecule has 88 valence electrons. The molecule has 0 saturated carbocycles. The SMILES string of the molecule is COc1cc(Br)cc([C@@H](N)C(=O)O)c1OC. The van der Waals surface area contributed by atoms with E-state index in [-0.39, 0.29) is 0 Å². The van der Waals surface area contributed by atoms with Gasteiger partial charge in [0.05, 0.1) is 14.2 Å². The van der Waals surface area contributed by atoms with E-state index in [0.717, 1.165) is 0 Å². The largest absolute Gasteiger partial charge is 0.493 e. The van der Waals surface area contributed by atoms with Crippen LogP contribution in [0.15, 0.2) is 16.6 Å². The molecule has 16 heavy (non-hydrogen) atoms. The Kier molecular flexibility index (Phi) is 4.14. The van der Waals surface area contributed by atoms with E-state index in [2.05, 4.69) is 15.9 Å². The normalized spacial score (nSPS) is 12.0. The van der Waals surface area contributed by atoms with Crippen molar-refractivity contribution < 1.29 is 19.4 Å². The maximum atomic E-state index is 10.8. The Morgan fingerprint density at radius 1 is 1.44 bits per heavy atom. The summed E-state index contributed by atoms with van der Waals surface area (Å²) in [6.07, 6.45) is 0. The molecular weight excluding hydrogens is 278 g/mol. The van der Waals surface area contributed by atoms with Gasteiger partial charge in [0.15, 0.2) is 11.5 Å². The number of halogens is 1. The first kappa shape index (κ1) is 12.8. The van der Waals surface area contributed by atoms with E-state index in [1.54, 1.807) is 12.1 Å². The molecule has 0 spiro atoms. The van der Waals surface area contributed by atoms with Gasteiger partial charge in [-0.05, 0) is 12.1 Å². The van der Waals surface area contributed by atoms with Crippen molar-refractivity contribution in [3.63, 3.8) is 0 Å². The van der Waals surface area contributed by atoms with Crippen molar-refractivity contribution in [2.75, 3.05) is 14.2 Å². The molecule has 3 N–H and O–H groups in total. The number of ether oxygens (including phenoxy) is 2. The first-order valence-corrected chi connectivity index (χ1v) is 5.20. The zero-order valence-electron chi connectivity index (χ0n) is 8.86. The lowest BCUT2D eigenvalue weighted by Gasteiger charge is -2.15. The lowest BCUT2D eigenvalue weighted by molar-refractivity contribution is -0.138. The highest BCUT2D eigenvalue weighted by molar-refractivity contribution is 9.10. The first-order chi connectivity index (χ1) is 7.51. The summed E-state index contributed by atoms with van der Waals surface area (Å²) in [5.41, 5.74) is 5.91. The standard InChI is InChI=1S/C10H12BrNO4/c1-15-7-4-5(11)3-6(9(7)16-2)8(12)10(13)14/h3-4,8H,12H2,1-2H3,(H,13,14)/t8-/m1/s1. The van der Waals surface area contributed by atoms with Gasteiger partial charge in [0.2, 0.25) is 0 Å². The van der Waals surface area contributed by atoms with E-state index < -0.39 is 12.0 Å². The Labute approximate surface area is 101 Å². The van der Waals surface area contributed by atoms with Gasteiger partial charge in [-0.2, -0.15) is 0 Å². The fraction of sp³-hybridized carbons (Fsp3) is 0.300. The van der Waals surface area contributed by atoms with Crippen LogP contribution in [0.5, 0.6) is 11.5 Å². The topological polar surface area (TPSA) is 81.8 Å². The summed E-state index contributed by atoms with van der Waals surface area (Å²) in [5.74, 6) is -0.359. The Morgan fingerprint density at radius 3 is 2.50 bits per heavy atom. The van der Waals surface area contributed by atoms with Crippen molar-refractivity contribution in [1.29, 1.82) is 0 Å². The summed E-state index contributed by atoms with van der Waals surface area (Å²) in [6.45, 7) is 0. The third-order valence-corrected chi connectivity index (χ3v) is 2.53. The van der Waals surface area contributed by atoms with Gasteiger partial charge < -0.3 is 20.3 Å². The highest BCUT2D eigenvalue weighted by Crippen LogP contribution is 2.37. The van der Waals surface area contributed by atoms with E-state index in [1.807, 2.05) is 0 Å². The third kappa shape index (κ3) is 2.45. The molecule has 6 heteroatoms. The average Bonchev–Trinajstić information content (AvgIpc) is 2.26. The molecule has 0 saturated heterocycles. The molecule has 1 rings (SSSR count). The third-order valence-electron chi connectivity index (χ3n) is 2.07. The van der Waals surface area contributed by atoms with Gasteiger partial charge in [-0.3, -0.25) is 4.79 Å². The second-order valence-corrected chi connectivity index (χ2v) is 3.96. The van der Waals surface area contributed by atoms with Gasteiger partial charge in [0.1, 0.15) is 6.04 Å². The van der Waals surface area contributed by atoms with Crippen LogP contribution in [0.2, 0.25) is 0 Å². The van der Waals surface area contributed by atoms with Crippen LogP contribution in [-0.2, 0) is 4.79 Å². The Hall–Kier alpha value is -1.27. The van der Waals surface area contributed by atoms with Crippen molar-refractivity contribution in [1.82, 2.24) is 0 Å². The maximum Gasteiger partial charge on any atom is 0.325 e. The highest BCUT2D eigenvalue weighted by Gasteiger charge is 2.22. The summed E-state index contributed by atoms with van der Waals surface area (Å²) in [4.78, 5) is 10.8. The second kappa shape index (κ2) is 5.18. The number of nitrogens with two attached hydrogens (primary N) is 1. The van der Waals surface area contributed by atoms with Gasteiger partial charge >= 0.3 is 5.97 Å². The molecule has 0 aliphatic carbocycles. The van der Waals surface area contributed by atoms with Crippen LogP contribution >= 0.6 is 15.9 Å². The molecule has 0 radical (unpaired) electrons. The number of rotatable bonds is 4. The van der Waals surface area contributed by atoms with Gasteiger partial charge in [0.25, 0.3) is 0 Å². The van der Waals surface area contributed by atoms with E-state index in [9.17, 15) is 4.79 Å². The summed E-state index contributed by atoms with van der Waals surface area (Å²) in [6, 6.07) is 2.12. The molecule has 0 heterocycles. The lowest BCUT2D eigenvalue weighted by Crippen LogP contribution is -2.21. The molecule has 0 aliphatic rings. The summed E-state index contributed by atoms with van der Waals surface area (Å²) in [5, 5.41) is 8.87. The molecule has 1 aromatic carbocycles. The highest BCUT2D eigenvalue weighted by atomic mass is 79.9. The van der Waals surface area contributed by atoms with Crippen molar-refractivity contribution in [3.8, 4) is 11.5 Å². The molecule has 1 aromatic rings. The molecule has 0 aromatic heterocycles. The Balaban J connectivity index is 3.35. The molecule has 0 aliphatic heterocycles. The Morgan fingerprint density at radius 2 is 2.06 bits per heavy atom. The van der Waals surface area contributed by atoms with E-state index in [4.69, 9.17) is 20.3 Å². The van der Waals surface area contributed by atoms with Gasteiger partial charge in [-0.15, -0.1) is 0 Å². The molecule has 5 nitrogen and oxygen atoms in total. The smallest absolute Gasteiger partial charge is 0.325 e. The van der Waals surface area contributed by atoms with Crippen molar-refractivity contribution in [3.05, 3.63) is 22.2 Å². The van der Waals surface area contributed by atoms with Crippen LogP contribution in [0.4, 0.5) is 0 Å². The predicted octanol–water partition coefficient (Wildman–Crippen LogP) is 1.55. The van der Waals surface area contributed by atoms with Gasteiger partial charge in [0, 0.05) is 10.0 Å². The zero-order chi connectivity index (χ0) is 12.3. The molecule has 0 bridgehead atoms. The lowest BCUT2D eigenvalue weighted by atomic mass is 10.1. The summed E-state index contributed by atoms with van der Waals surface area (Å²) >= 11 is 3.25. The van der Waals surface area contributed by atoms with Crippen LogP contribution in [0.25, 0.3) is 0 Å². The zero-order valence-corrected chi connectivity index (χ0v) is 10.4. The number of carboxylic acid groups (broad SMARTS) is 1. The quantitative estimate of drug-likeness (QED) is 0.879. The van der Waals surface area contributed by atoms with E-state index in [0.29, 0.717) is 21.5 Å². The van der Waals surface area contributed by atoms with Crippen molar-refractivity contribution >= 4 is 21.9 Å². The minimum atomic E-state index is -1.15. The fourth-order valence-electron chi connectivity index (χ4n) is 1.32. The van der Waals surface area contributed by atoms with Crippen LogP contribution in [0.1, 0.15) is 11.6 Å². The van der Waals surface area contributed by atoms with Crippen LogP contribution in [-0.4, -0.2) is 25.3 Å².